The van der Waals surface area contributed by atoms with E-state index in [1.165, 1.54) is 16.7 Å². The fourth-order valence-corrected chi connectivity index (χ4v) is 2.18. The maximum Gasteiger partial charge on any atom is 0.123 e. The number of aromatic hydroxyl groups is 1. The number of rotatable bonds is 0. The Hall–Kier alpha value is -2.02. The molecule has 0 amide bonds. The van der Waals surface area contributed by atoms with Crippen molar-refractivity contribution in [1.29, 1.82) is 0 Å². The Morgan fingerprint density at radius 2 is 1.62 bits per heavy atom. The van der Waals surface area contributed by atoms with E-state index in [-0.39, 0.29) is 0 Å². The van der Waals surface area contributed by atoms with Crippen LogP contribution in [0, 0.1) is 0 Å². The van der Waals surface area contributed by atoms with Gasteiger partial charge in [-0.15, -0.1) is 0 Å². The molecule has 0 saturated heterocycles. The van der Waals surface area contributed by atoms with E-state index >= 15 is 0 Å². The fraction of sp³-hybridized carbons (Fsp3) is 0.0667. The molecule has 0 radical (unpaired) electrons. The highest BCUT2D eigenvalue weighted by Crippen LogP contribution is 2.29. The van der Waals surface area contributed by atoms with Crippen molar-refractivity contribution in [3.8, 4) is 5.75 Å². The zero-order valence-electron chi connectivity index (χ0n) is 8.85. The van der Waals surface area contributed by atoms with E-state index < -0.39 is 0 Å². The largest absolute Gasteiger partial charge is 0.507 e. The first-order valence-corrected chi connectivity index (χ1v) is 5.41. The minimum absolute atomic E-state index is 0.363. The molecule has 78 valence electrons. The van der Waals surface area contributed by atoms with E-state index in [0.29, 0.717) is 5.75 Å². The van der Waals surface area contributed by atoms with Gasteiger partial charge in [-0.25, -0.2) is 0 Å². The average Bonchev–Trinajstić information content (AvgIpc) is 2.48. The van der Waals surface area contributed by atoms with Gasteiger partial charge >= 0.3 is 0 Å². The second-order valence-corrected chi connectivity index (χ2v) is 4.06. The highest BCUT2D eigenvalue weighted by molar-refractivity contribution is 5.77. The molecule has 0 spiro atoms. The quantitative estimate of drug-likeness (QED) is 0.599. The van der Waals surface area contributed by atoms with Gasteiger partial charge in [-0.1, -0.05) is 48.6 Å². The van der Waals surface area contributed by atoms with E-state index in [1.54, 1.807) is 6.07 Å². The van der Waals surface area contributed by atoms with Crippen LogP contribution >= 0.6 is 0 Å². The maximum absolute atomic E-state index is 9.81. The molecule has 1 heteroatoms. The topological polar surface area (TPSA) is 20.2 Å². The van der Waals surface area contributed by atoms with Crippen molar-refractivity contribution in [1.82, 2.24) is 0 Å². The van der Waals surface area contributed by atoms with Crippen LogP contribution < -0.4 is 0 Å². The summed E-state index contributed by atoms with van der Waals surface area (Å²) in [5, 5.41) is 9.81. The van der Waals surface area contributed by atoms with Crippen molar-refractivity contribution in [3.63, 3.8) is 0 Å². The Kier molecular flexibility index (Phi) is 2.03. The van der Waals surface area contributed by atoms with Gasteiger partial charge in [0.15, 0.2) is 0 Å². The summed E-state index contributed by atoms with van der Waals surface area (Å²) < 4.78 is 0. The summed E-state index contributed by atoms with van der Waals surface area (Å²) >= 11 is 0. The van der Waals surface area contributed by atoms with Gasteiger partial charge in [-0.05, 0) is 29.2 Å². The average molecular weight is 208 g/mol. The summed E-state index contributed by atoms with van der Waals surface area (Å²) in [5.41, 5.74) is 4.67. The van der Waals surface area contributed by atoms with Gasteiger partial charge in [0.05, 0.1) is 0 Å². The second kappa shape index (κ2) is 3.53. The van der Waals surface area contributed by atoms with Crippen LogP contribution in [0.3, 0.4) is 0 Å². The van der Waals surface area contributed by atoms with Crippen LogP contribution in [-0.4, -0.2) is 5.11 Å². The molecule has 1 nitrogen and oxygen atoms in total. The molecule has 0 bridgehead atoms. The van der Waals surface area contributed by atoms with Gasteiger partial charge < -0.3 is 5.11 Å². The molecule has 0 saturated carbocycles. The van der Waals surface area contributed by atoms with Crippen molar-refractivity contribution in [2.24, 2.45) is 0 Å². The first-order chi connectivity index (χ1) is 7.84. The van der Waals surface area contributed by atoms with Gasteiger partial charge in [0.25, 0.3) is 0 Å². The highest BCUT2D eigenvalue weighted by Gasteiger charge is 2.10. The molecule has 1 N–H and O–H groups in total. The molecule has 2 aromatic rings. The summed E-state index contributed by atoms with van der Waals surface area (Å²) in [7, 11) is 0. The molecule has 0 unspecified atom stereocenters. The molecule has 16 heavy (non-hydrogen) atoms. The number of hydrogen-bond acceptors (Lipinski definition) is 1. The molecular weight excluding hydrogens is 196 g/mol. The van der Waals surface area contributed by atoms with E-state index in [9.17, 15) is 5.11 Å². The third-order valence-electron chi connectivity index (χ3n) is 3.04. The van der Waals surface area contributed by atoms with Crippen LogP contribution in [0.2, 0.25) is 0 Å². The van der Waals surface area contributed by atoms with Crippen LogP contribution in [0.25, 0.3) is 12.2 Å². The third kappa shape index (κ3) is 1.41. The Balaban J connectivity index is 2.21. The lowest BCUT2D eigenvalue weighted by Gasteiger charge is -2.06. The summed E-state index contributed by atoms with van der Waals surface area (Å²) in [4.78, 5) is 0. The van der Waals surface area contributed by atoms with E-state index in [2.05, 4.69) is 30.3 Å². The monoisotopic (exact) mass is 208 g/mol. The molecule has 1 aliphatic rings. The van der Waals surface area contributed by atoms with Crippen LogP contribution in [0.15, 0.2) is 42.5 Å². The minimum Gasteiger partial charge on any atom is -0.507 e. The smallest absolute Gasteiger partial charge is 0.123 e. The molecular formula is C15H12O. The fourth-order valence-electron chi connectivity index (χ4n) is 2.18. The molecule has 0 heterocycles. The lowest BCUT2D eigenvalue weighted by Crippen LogP contribution is -1.91. The zero-order valence-corrected chi connectivity index (χ0v) is 8.85. The molecule has 1 aliphatic carbocycles. The standard InChI is InChI=1S/C15H12O/c16-15-7-3-6-13-10-12-5-2-1-4-11(12)8-9-14(13)15/h1-9,16H,10H2. The number of hydrogen-bond donors (Lipinski definition) is 1. The summed E-state index contributed by atoms with van der Waals surface area (Å²) in [6.07, 6.45) is 4.95. The molecule has 3 rings (SSSR count). The number of benzene rings is 2. The van der Waals surface area contributed by atoms with Crippen molar-refractivity contribution in [2.45, 2.75) is 6.42 Å². The molecule has 0 aromatic heterocycles. The van der Waals surface area contributed by atoms with E-state index in [0.717, 1.165) is 12.0 Å². The normalized spacial score (nSPS) is 12.8. The first kappa shape index (κ1) is 9.22. The highest BCUT2D eigenvalue weighted by atomic mass is 16.3. The van der Waals surface area contributed by atoms with Crippen LogP contribution in [-0.2, 0) is 6.42 Å². The minimum atomic E-state index is 0.363. The summed E-state index contributed by atoms with van der Waals surface area (Å²) in [6.45, 7) is 0. The molecule has 2 aromatic carbocycles. The lowest BCUT2D eigenvalue weighted by atomic mass is 9.99. The van der Waals surface area contributed by atoms with Crippen molar-refractivity contribution >= 4 is 12.2 Å². The molecule has 0 atom stereocenters. The Morgan fingerprint density at radius 1 is 0.812 bits per heavy atom. The van der Waals surface area contributed by atoms with Crippen molar-refractivity contribution < 1.29 is 5.11 Å². The Labute approximate surface area is 94.7 Å². The Morgan fingerprint density at radius 3 is 2.56 bits per heavy atom. The third-order valence-corrected chi connectivity index (χ3v) is 3.04. The second-order valence-electron chi connectivity index (χ2n) is 4.06. The van der Waals surface area contributed by atoms with Crippen LogP contribution in [0.4, 0.5) is 0 Å². The number of fused-ring (bicyclic) bond motifs is 2. The zero-order chi connectivity index (χ0) is 11.0. The molecule has 0 aliphatic heterocycles. The van der Waals surface area contributed by atoms with Gasteiger partial charge in [0.1, 0.15) is 5.75 Å². The predicted octanol–water partition coefficient (Wildman–Crippen LogP) is 3.47. The van der Waals surface area contributed by atoms with Gasteiger partial charge in [-0.2, -0.15) is 0 Å². The number of phenols is 1. The SMILES string of the molecule is Oc1cccc2c1C=Cc1ccccc1C2. The lowest BCUT2D eigenvalue weighted by molar-refractivity contribution is 0.473. The van der Waals surface area contributed by atoms with Gasteiger partial charge in [0.2, 0.25) is 0 Å². The van der Waals surface area contributed by atoms with Crippen molar-refractivity contribution in [3.05, 3.63) is 64.7 Å². The van der Waals surface area contributed by atoms with Gasteiger partial charge in [-0.3, -0.25) is 0 Å². The molecule has 0 fully saturated rings. The van der Waals surface area contributed by atoms with Crippen molar-refractivity contribution in [2.75, 3.05) is 0 Å². The predicted molar refractivity (Wildman–Crippen MR) is 66.3 cm³/mol. The van der Waals surface area contributed by atoms with E-state index in [1.807, 2.05) is 18.2 Å². The Bertz CT molecular complexity index is 567. The first-order valence-electron chi connectivity index (χ1n) is 5.41. The van der Waals surface area contributed by atoms with Crippen LogP contribution in [0.1, 0.15) is 22.3 Å². The van der Waals surface area contributed by atoms with Crippen LogP contribution in [0.5, 0.6) is 5.75 Å². The van der Waals surface area contributed by atoms with E-state index in [4.69, 9.17) is 0 Å². The maximum atomic E-state index is 9.81. The van der Waals surface area contributed by atoms with Gasteiger partial charge in [0, 0.05) is 5.56 Å². The number of phenolic OH excluding ortho intramolecular Hbond substituents is 1. The summed E-state index contributed by atoms with van der Waals surface area (Å²) in [6, 6.07) is 14.0. The summed E-state index contributed by atoms with van der Waals surface area (Å²) in [5.74, 6) is 0.363.